The number of nitro groups is 1. The number of carbonyl (C=O) groups excluding carboxylic acids is 2. The number of carboxylic acid groups (broad SMARTS) is 1. The average molecular weight is 929 g/mol. The van der Waals surface area contributed by atoms with Gasteiger partial charge in [-0.3, -0.25) is 19.7 Å². The maximum absolute atomic E-state index is 14.7. The van der Waals surface area contributed by atoms with Crippen LogP contribution in [0.25, 0.3) is 0 Å². The molecule has 0 saturated carbocycles. The molecule has 5 aliphatic heterocycles. The normalized spacial score (nSPS) is 39.1. The molecule has 370 valence electrons. The highest BCUT2D eigenvalue weighted by atomic mass is 16.8. The molecule has 5 aliphatic rings. The lowest BCUT2D eigenvalue weighted by molar-refractivity contribution is -0.398. The number of carboxylic acids is 1. The van der Waals surface area contributed by atoms with Crippen molar-refractivity contribution in [3.05, 3.63) is 52.1 Å². The van der Waals surface area contributed by atoms with Gasteiger partial charge in [-0.05, 0) is 107 Å². The molecule has 0 bridgehead atoms. The highest BCUT2D eigenvalue weighted by Gasteiger charge is 2.63. The Morgan fingerprint density at radius 3 is 2.21 bits per heavy atom. The Kier molecular flexibility index (Phi) is 16.2. The third-order valence-electron chi connectivity index (χ3n) is 16.3. The monoisotopic (exact) mass is 929 g/mol. The summed E-state index contributed by atoms with van der Waals surface area (Å²) >= 11 is 0. The molecule has 1 aromatic rings. The number of ether oxygens (including phenoxy) is 6. The van der Waals surface area contributed by atoms with E-state index in [2.05, 4.69) is 12.2 Å². The smallest absolute Gasteiger partial charge is 0.408 e. The maximum Gasteiger partial charge on any atom is 0.408 e. The summed E-state index contributed by atoms with van der Waals surface area (Å²) in [6.07, 6.45) is 4.78. The lowest BCUT2D eigenvalue weighted by atomic mass is 9.72. The molecular weight excluding hydrogens is 853 g/mol. The van der Waals surface area contributed by atoms with Gasteiger partial charge in [-0.2, -0.15) is 0 Å². The lowest BCUT2D eigenvalue weighted by Crippen LogP contribution is -2.65. The van der Waals surface area contributed by atoms with Crippen LogP contribution in [0.5, 0.6) is 0 Å². The van der Waals surface area contributed by atoms with Crippen molar-refractivity contribution in [2.24, 2.45) is 41.4 Å². The Labute approximate surface area is 390 Å². The van der Waals surface area contributed by atoms with Crippen LogP contribution in [-0.4, -0.2) is 104 Å². The van der Waals surface area contributed by atoms with Crippen LogP contribution in [0.15, 0.2) is 36.4 Å². The van der Waals surface area contributed by atoms with E-state index in [1.165, 1.54) is 24.3 Å². The molecule has 2 spiro atoms. The topological polar surface area (TPSA) is 222 Å². The molecule has 0 aliphatic carbocycles. The number of Topliss-reactive ketones (excluding diaryl/α,β-unsaturated/α-hetero) is 1. The summed E-state index contributed by atoms with van der Waals surface area (Å²) in [4.78, 5) is 51.0. The Morgan fingerprint density at radius 1 is 0.924 bits per heavy atom. The number of carbonyl (C=O) groups is 3. The van der Waals surface area contributed by atoms with Gasteiger partial charge in [0.15, 0.2) is 11.6 Å². The number of ketones is 1. The fourth-order valence-corrected chi connectivity index (χ4v) is 11.7. The van der Waals surface area contributed by atoms with Crippen LogP contribution in [0.2, 0.25) is 0 Å². The number of hydrogen-bond donors (Lipinski definition) is 4. The molecule has 16 nitrogen and oxygen atoms in total. The van der Waals surface area contributed by atoms with Crippen molar-refractivity contribution in [3.8, 4) is 0 Å². The van der Waals surface area contributed by atoms with Gasteiger partial charge in [0.2, 0.25) is 0 Å². The van der Waals surface area contributed by atoms with Gasteiger partial charge in [0.05, 0.1) is 58.7 Å². The summed E-state index contributed by atoms with van der Waals surface area (Å²) in [7, 11) is 0. The van der Waals surface area contributed by atoms with E-state index in [4.69, 9.17) is 28.4 Å². The highest BCUT2D eigenvalue weighted by molar-refractivity contribution is 5.84. The summed E-state index contributed by atoms with van der Waals surface area (Å²) in [5.74, 6) is -6.61. The van der Waals surface area contributed by atoms with Crippen LogP contribution in [0.3, 0.4) is 0 Å². The summed E-state index contributed by atoms with van der Waals surface area (Å²) < 4.78 is 40.0. The molecule has 1 aromatic carbocycles. The molecule has 4 N–H and O–H groups in total. The molecular formula is C50H76N2O14. The first-order valence-corrected chi connectivity index (χ1v) is 24.5. The number of non-ortho nitro benzene ring substituents is 1. The van der Waals surface area contributed by atoms with E-state index in [1.807, 2.05) is 61.5 Å². The molecule has 5 heterocycles. The van der Waals surface area contributed by atoms with Crippen LogP contribution in [0, 0.1) is 51.5 Å². The van der Waals surface area contributed by atoms with Crippen LogP contribution < -0.4 is 5.32 Å². The van der Waals surface area contributed by atoms with Crippen LogP contribution in [0.1, 0.15) is 139 Å². The SMILES string of the molecule is CC[C@@H](C(=O)[C@@H](C)[C@@H](O)[C@H](C)[C@@H]1O[C@@H]([C@@H](CC)C(=O)O)CC[C@@H]1C)[C@H]1O[C@]2(C=C[C@H](NC(=O)OCc3ccc([N+](=O)[O-])cc3)[C@]3(CC[C@@](C)([C@H]4CC[C@](O)(CC)[C@H](C)O4)O3)O2)[C@H](C)C[C@@H]1C. The quantitative estimate of drug-likeness (QED) is 0.0700. The molecule has 0 unspecified atom stereocenters. The molecule has 4 saturated heterocycles. The van der Waals surface area contributed by atoms with Gasteiger partial charge in [0.1, 0.15) is 18.4 Å². The predicted octanol–water partition coefficient (Wildman–Crippen LogP) is 8.03. The summed E-state index contributed by atoms with van der Waals surface area (Å²) in [5, 5.41) is 47.1. The second-order valence-corrected chi connectivity index (χ2v) is 20.6. The van der Waals surface area contributed by atoms with Crippen molar-refractivity contribution >= 4 is 23.5 Å². The predicted molar refractivity (Wildman–Crippen MR) is 243 cm³/mol. The second-order valence-electron chi connectivity index (χ2n) is 20.6. The highest BCUT2D eigenvalue weighted by Crippen LogP contribution is 2.54. The van der Waals surface area contributed by atoms with Crippen molar-refractivity contribution in [1.29, 1.82) is 0 Å². The van der Waals surface area contributed by atoms with Crippen molar-refractivity contribution < 1.29 is 63.0 Å². The average Bonchev–Trinajstić information content (AvgIpc) is 3.63. The van der Waals surface area contributed by atoms with E-state index in [-0.39, 0.29) is 35.8 Å². The van der Waals surface area contributed by atoms with E-state index >= 15 is 0 Å². The van der Waals surface area contributed by atoms with Gasteiger partial charge < -0.3 is 49.1 Å². The molecule has 16 heteroatoms. The standard InChI is InChI=1S/C50H76N2O14/c1-11-36(45(55)56)38-19-14-28(4)43(63-38)32(8)41(53)31(7)42(54)37(12-2)44-29(5)26-30(6)49(64-44)23-20-39(51-46(57)61-27-34-15-17-35(18-16-34)52(59)60)50(66-49)25-24-47(10,65-50)40-21-22-48(58,13-3)33(9)62-40/h15-18,20,23,28-33,36-41,43-44,53,58H,11-14,19,21-22,24-27H2,1-10H3,(H,51,57)(H,55,56)/t28-,29-,30+,31-,32-,33-,36+,37-,38+,39-,40+,41+,43+,44-,47-,48+,49-,50-/m0/s1. The number of aliphatic hydroxyl groups excluding tert-OH is 1. The molecule has 4 fully saturated rings. The number of hydrogen-bond acceptors (Lipinski definition) is 13. The molecule has 6 rings (SSSR count). The first kappa shape index (κ1) is 51.9. The van der Waals surface area contributed by atoms with Crippen molar-refractivity contribution in [1.82, 2.24) is 5.32 Å². The number of nitro benzene ring substituents is 1. The number of alkyl carbamates (subject to hydrolysis) is 1. The zero-order chi connectivity index (χ0) is 48.5. The molecule has 66 heavy (non-hydrogen) atoms. The van der Waals surface area contributed by atoms with Crippen LogP contribution in [-0.2, 0) is 44.6 Å². The Hall–Kier alpha value is -3.51. The molecule has 18 atom stereocenters. The van der Waals surface area contributed by atoms with Crippen molar-refractivity contribution in [2.75, 3.05) is 0 Å². The third-order valence-corrected chi connectivity index (χ3v) is 16.3. The number of amides is 1. The van der Waals surface area contributed by atoms with Crippen molar-refractivity contribution in [3.63, 3.8) is 0 Å². The minimum Gasteiger partial charge on any atom is -0.481 e. The van der Waals surface area contributed by atoms with E-state index in [0.717, 1.165) is 6.42 Å². The van der Waals surface area contributed by atoms with Gasteiger partial charge in [-0.25, -0.2) is 4.79 Å². The van der Waals surface area contributed by atoms with Gasteiger partial charge >= 0.3 is 12.1 Å². The summed E-state index contributed by atoms with van der Waals surface area (Å²) in [6.45, 7) is 19.2. The van der Waals surface area contributed by atoms with Gasteiger partial charge in [-0.15, -0.1) is 0 Å². The molecule has 0 aromatic heterocycles. The van der Waals surface area contributed by atoms with Crippen molar-refractivity contribution in [2.45, 2.75) is 205 Å². The van der Waals surface area contributed by atoms with Crippen LogP contribution in [0.4, 0.5) is 10.5 Å². The molecule has 1 amide bonds. The number of benzene rings is 1. The largest absolute Gasteiger partial charge is 0.481 e. The summed E-state index contributed by atoms with van der Waals surface area (Å²) in [5.41, 5.74) is -1.37. The van der Waals surface area contributed by atoms with E-state index in [0.29, 0.717) is 63.4 Å². The number of aliphatic hydroxyl groups is 2. The van der Waals surface area contributed by atoms with E-state index < -0.39 is 106 Å². The Balaban J connectivity index is 1.24. The fraction of sp³-hybridized carbons (Fsp3) is 0.780. The minimum absolute atomic E-state index is 0.0645. The molecule has 0 radical (unpaired) electrons. The van der Waals surface area contributed by atoms with Crippen LogP contribution >= 0.6 is 0 Å². The number of nitrogens with one attached hydrogen (secondary N) is 1. The van der Waals surface area contributed by atoms with Gasteiger partial charge in [0, 0.05) is 42.2 Å². The number of aliphatic carboxylic acids is 1. The number of rotatable bonds is 16. The number of nitrogens with zero attached hydrogens (tertiary/aromatic N) is 1. The lowest BCUT2D eigenvalue weighted by Gasteiger charge is -2.55. The van der Waals surface area contributed by atoms with E-state index in [1.54, 1.807) is 13.0 Å². The van der Waals surface area contributed by atoms with E-state index in [9.17, 15) is 39.8 Å². The zero-order valence-corrected chi connectivity index (χ0v) is 40.6. The third kappa shape index (κ3) is 10.4. The maximum atomic E-state index is 14.7. The fourth-order valence-electron chi connectivity index (χ4n) is 11.7. The second kappa shape index (κ2) is 20.6. The first-order valence-electron chi connectivity index (χ1n) is 24.5. The first-order chi connectivity index (χ1) is 31.1. The summed E-state index contributed by atoms with van der Waals surface area (Å²) in [6, 6.07) is 4.89. The van der Waals surface area contributed by atoms with Gasteiger partial charge in [0.25, 0.3) is 5.69 Å². The Morgan fingerprint density at radius 2 is 1.61 bits per heavy atom. The zero-order valence-electron chi connectivity index (χ0n) is 40.6. The minimum atomic E-state index is -1.48. The van der Waals surface area contributed by atoms with Gasteiger partial charge in [-0.1, -0.05) is 61.5 Å². The Bertz CT molecular complexity index is 1910.